The molecule has 6 nitrogen and oxygen atoms in total. The highest BCUT2D eigenvalue weighted by Crippen LogP contribution is 2.31. The fraction of sp³-hybridized carbons (Fsp3) is 0.471. The van der Waals surface area contributed by atoms with Crippen molar-refractivity contribution in [3.05, 3.63) is 29.8 Å². The number of carboxylic acids is 1. The molecule has 1 fully saturated rings. The van der Waals surface area contributed by atoms with Crippen LogP contribution in [-0.4, -0.2) is 29.6 Å². The van der Waals surface area contributed by atoms with E-state index in [1.165, 1.54) is 0 Å². The lowest BCUT2D eigenvalue weighted by atomic mass is 9.78. The average Bonchev–Trinajstić information content (AvgIpc) is 2.55. The molecule has 0 bridgehead atoms. The summed E-state index contributed by atoms with van der Waals surface area (Å²) in [5.74, 6) is -3.05. The van der Waals surface area contributed by atoms with Crippen LogP contribution in [-0.2, 0) is 14.3 Å². The van der Waals surface area contributed by atoms with Gasteiger partial charge in [-0.1, -0.05) is 25.0 Å². The fourth-order valence-electron chi connectivity index (χ4n) is 2.94. The molecule has 0 radical (unpaired) electrons. The number of hydrogen-bond donors (Lipinski definition) is 2. The lowest BCUT2D eigenvalue weighted by Gasteiger charge is -2.27. The molecular weight excluding hydrogens is 298 g/mol. The van der Waals surface area contributed by atoms with Gasteiger partial charge >= 0.3 is 11.9 Å². The minimum absolute atomic E-state index is 0.241. The Morgan fingerprint density at radius 2 is 1.83 bits per heavy atom. The van der Waals surface area contributed by atoms with Crippen molar-refractivity contribution in [3.63, 3.8) is 0 Å². The normalized spacial score (nSPS) is 20.6. The van der Waals surface area contributed by atoms with Crippen molar-refractivity contribution in [1.29, 1.82) is 0 Å². The Balaban J connectivity index is 2.16. The van der Waals surface area contributed by atoms with Gasteiger partial charge in [-0.05, 0) is 31.9 Å². The quantitative estimate of drug-likeness (QED) is 0.814. The first kappa shape index (κ1) is 17.0. The van der Waals surface area contributed by atoms with Crippen molar-refractivity contribution < 1.29 is 24.2 Å². The summed E-state index contributed by atoms with van der Waals surface area (Å²) in [4.78, 5) is 35.7. The third-order valence-corrected chi connectivity index (χ3v) is 4.10. The Kier molecular flexibility index (Phi) is 5.73. The minimum Gasteiger partial charge on any atom is -0.481 e. The van der Waals surface area contributed by atoms with E-state index in [4.69, 9.17) is 4.74 Å². The van der Waals surface area contributed by atoms with E-state index in [0.717, 1.165) is 12.8 Å². The summed E-state index contributed by atoms with van der Waals surface area (Å²) < 4.78 is 4.97. The van der Waals surface area contributed by atoms with Crippen LogP contribution >= 0.6 is 0 Å². The SMILES string of the molecule is CCOC(=O)c1ccccc1NC(=O)C1CCCCC1C(=O)O. The van der Waals surface area contributed by atoms with Crippen LogP contribution in [0, 0.1) is 11.8 Å². The number of carbonyl (C=O) groups excluding carboxylic acids is 2. The van der Waals surface area contributed by atoms with E-state index in [1.54, 1.807) is 31.2 Å². The van der Waals surface area contributed by atoms with Gasteiger partial charge in [0.1, 0.15) is 0 Å². The Bertz CT molecular complexity index is 598. The number of anilines is 1. The number of aliphatic carboxylic acids is 1. The molecular formula is C17H21NO5. The third-order valence-electron chi connectivity index (χ3n) is 4.10. The van der Waals surface area contributed by atoms with Crippen molar-refractivity contribution in [2.75, 3.05) is 11.9 Å². The van der Waals surface area contributed by atoms with Gasteiger partial charge in [-0.15, -0.1) is 0 Å². The molecule has 1 aliphatic rings. The van der Waals surface area contributed by atoms with Gasteiger partial charge in [0, 0.05) is 0 Å². The van der Waals surface area contributed by atoms with Gasteiger partial charge in [0.05, 0.1) is 29.7 Å². The number of amides is 1. The molecule has 2 N–H and O–H groups in total. The van der Waals surface area contributed by atoms with Crippen LogP contribution in [0.1, 0.15) is 43.0 Å². The molecule has 23 heavy (non-hydrogen) atoms. The Morgan fingerprint density at radius 3 is 2.48 bits per heavy atom. The molecule has 0 saturated heterocycles. The molecule has 6 heteroatoms. The standard InChI is InChI=1S/C17H21NO5/c1-2-23-17(22)13-9-5-6-10-14(13)18-15(19)11-7-3-4-8-12(11)16(20)21/h5-6,9-12H,2-4,7-8H2,1H3,(H,18,19)(H,20,21). The van der Waals surface area contributed by atoms with Crippen molar-refractivity contribution in [3.8, 4) is 0 Å². The van der Waals surface area contributed by atoms with Gasteiger partial charge in [-0.3, -0.25) is 9.59 Å². The number of nitrogens with one attached hydrogen (secondary N) is 1. The molecule has 0 aliphatic heterocycles. The molecule has 2 atom stereocenters. The number of benzene rings is 1. The van der Waals surface area contributed by atoms with Crippen molar-refractivity contribution in [1.82, 2.24) is 0 Å². The second kappa shape index (κ2) is 7.76. The largest absolute Gasteiger partial charge is 0.481 e. The first-order chi connectivity index (χ1) is 11.0. The smallest absolute Gasteiger partial charge is 0.340 e. The minimum atomic E-state index is -0.941. The van der Waals surface area contributed by atoms with E-state index in [2.05, 4.69) is 5.32 Å². The number of esters is 1. The number of para-hydroxylation sites is 1. The maximum absolute atomic E-state index is 12.5. The molecule has 1 aromatic carbocycles. The highest BCUT2D eigenvalue weighted by molar-refractivity contribution is 6.02. The molecule has 0 heterocycles. The molecule has 124 valence electrons. The summed E-state index contributed by atoms with van der Waals surface area (Å²) in [5.41, 5.74) is 0.621. The summed E-state index contributed by atoms with van der Waals surface area (Å²) in [5, 5.41) is 12.0. The molecule has 2 rings (SSSR count). The van der Waals surface area contributed by atoms with E-state index < -0.39 is 23.8 Å². The monoisotopic (exact) mass is 319 g/mol. The Hall–Kier alpha value is -2.37. The van der Waals surface area contributed by atoms with E-state index >= 15 is 0 Å². The Morgan fingerprint density at radius 1 is 1.17 bits per heavy atom. The number of carbonyl (C=O) groups is 3. The van der Waals surface area contributed by atoms with Gasteiger partial charge < -0.3 is 15.2 Å². The third kappa shape index (κ3) is 4.09. The fourth-order valence-corrected chi connectivity index (χ4v) is 2.94. The van der Waals surface area contributed by atoms with Crippen LogP contribution in [0.15, 0.2) is 24.3 Å². The summed E-state index contributed by atoms with van der Waals surface area (Å²) >= 11 is 0. The van der Waals surface area contributed by atoms with Crippen LogP contribution in [0.4, 0.5) is 5.69 Å². The Labute approximate surface area is 134 Å². The van der Waals surface area contributed by atoms with Crippen LogP contribution in [0.25, 0.3) is 0 Å². The second-order valence-corrected chi connectivity index (χ2v) is 5.59. The van der Waals surface area contributed by atoms with E-state index in [9.17, 15) is 19.5 Å². The number of rotatable bonds is 5. The van der Waals surface area contributed by atoms with Crippen LogP contribution in [0.2, 0.25) is 0 Å². The average molecular weight is 319 g/mol. The predicted molar refractivity (Wildman–Crippen MR) is 84.1 cm³/mol. The predicted octanol–water partition coefficient (Wildman–Crippen LogP) is 2.69. The molecule has 0 aromatic heterocycles. The lowest BCUT2D eigenvalue weighted by molar-refractivity contribution is -0.147. The highest BCUT2D eigenvalue weighted by Gasteiger charge is 2.36. The molecule has 2 unspecified atom stereocenters. The second-order valence-electron chi connectivity index (χ2n) is 5.59. The first-order valence-electron chi connectivity index (χ1n) is 7.84. The summed E-state index contributed by atoms with van der Waals surface area (Å²) in [7, 11) is 0. The number of ether oxygens (including phenoxy) is 1. The van der Waals surface area contributed by atoms with Crippen LogP contribution in [0.5, 0.6) is 0 Å². The van der Waals surface area contributed by atoms with Crippen molar-refractivity contribution in [2.24, 2.45) is 11.8 Å². The topological polar surface area (TPSA) is 92.7 Å². The van der Waals surface area contributed by atoms with Gasteiger partial charge in [-0.2, -0.15) is 0 Å². The van der Waals surface area contributed by atoms with Gasteiger partial charge in [0.25, 0.3) is 0 Å². The zero-order chi connectivity index (χ0) is 16.8. The molecule has 1 aromatic rings. The van der Waals surface area contributed by atoms with E-state index in [0.29, 0.717) is 18.5 Å². The van der Waals surface area contributed by atoms with Crippen LogP contribution < -0.4 is 5.32 Å². The van der Waals surface area contributed by atoms with Crippen LogP contribution in [0.3, 0.4) is 0 Å². The molecule has 1 saturated carbocycles. The molecule has 1 aliphatic carbocycles. The highest BCUT2D eigenvalue weighted by atomic mass is 16.5. The summed E-state index contributed by atoms with van der Waals surface area (Å²) in [6.07, 6.45) is 2.71. The van der Waals surface area contributed by atoms with Gasteiger partial charge in [0.2, 0.25) is 5.91 Å². The molecule has 0 spiro atoms. The number of hydrogen-bond acceptors (Lipinski definition) is 4. The summed E-state index contributed by atoms with van der Waals surface area (Å²) in [6.45, 7) is 1.95. The van der Waals surface area contributed by atoms with Crippen molar-refractivity contribution in [2.45, 2.75) is 32.6 Å². The van der Waals surface area contributed by atoms with E-state index in [-0.39, 0.29) is 18.1 Å². The van der Waals surface area contributed by atoms with Gasteiger partial charge in [0.15, 0.2) is 0 Å². The van der Waals surface area contributed by atoms with Gasteiger partial charge in [-0.25, -0.2) is 4.79 Å². The zero-order valence-corrected chi connectivity index (χ0v) is 13.1. The summed E-state index contributed by atoms with van der Waals surface area (Å²) in [6, 6.07) is 6.57. The van der Waals surface area contributed by atoms with E-state index in [1.807, 2.05) is 0 Å². The number of carboxylic acid groups (broad SMARTS) is 1. The zero-order valence-electron chi connectivity index (χ0n) is 13.1. The lowest BCUT2D eigenvalue weighted by Crippen LogP contribution is -2.36. The first-order valence-corrected chi connectivity index (χ1v) is 7.84. The van der Waals surface area contributed by atoms with Crippen molar-refractivity contribution >= 4 is 23.5 Å². The maximum atomic E-state index is 12.5. The molecule has 1 amide bonds. The maximum Gasteiger partial charge on any atom is 0.340 e.